The van der Waals surface area contributed by atoms with Gasteiger partial charge in [0.25, 0.3) is 0 Å². The minimum absolute atomic E-state index is 0. The van der Waals surface area contributed by atoms with Crippen molar-refractivity contribution in [3.05, 3.63) is 52.0 Å². The molecule has 0 spiro atoms. The molecule has 4 nitrogen and oxygen atoms in total. The molecule has 1 aliphatic rings. The lowest BCUT2D eigenvalue weighted by molar-refractivity contribution is 0.460. The molecule has 1 saturated heterocycles. The van der Waals surface area contributed by atoms with Crippen LogP contribution < -0.4 is 5.32 Å². The second-order valence-electron chi connectivity index (χ2n) is 6.31. The van der Waals surface area contributed by atoms with Crippen LogP contribution in [0.15, 0.2) is 41.5 Å². The molecule has 6 heteroatoms. The zero-order valence-corrected chi connectivity index (χ0v) is 18.1. The summed E-state index contributed by atoms with van der Waals surface area (Å²) in [5.74, 6) is 1.75. The first-order chi connectivity index (χ1) is 11.7. The van der Waals surface area contributed by atoms with Gasteiger partial charge in [0.15, 0.2) is 5.96 Å². The van der Waals surface area contributed by atoms with Crippen molar-refractivity contribution in [1.29, 1.82) is 0 Å². The number of hydrogen-bond donors (Lipinski definition) is 1. The summed E-state index contributed by atoms with van der Waals surface area (Å²) >= 11 is 1.73. The highest BCUT2D eigenvalue weighted by atomic mass is 127. The highest BCUT2D eigenvalue weighted by Gasteiger charge is 2.24. The number of aryl methyl sites for hydroxylation is 1. The van der Waals surface area contributed by atoms with E-state index in [1.807, 2.05) is 13.1 Å². The van der Waals surface area contributed by atoms with Crippen LogP contribution in [0.4, 0.5) is 0 Å². The van der Waals surface area contributed by atoms with Gasteiger partial charge in [0.2, 0.25) is 0 Å². The standard InChI is InChI=1S/C19H26N4S.HI/c1-3-20-19(22-13-18-12-21-15(2)24-18)23-10-9-17(14-23)11-16-7-5-4-6-8-16;/h4-8,12,17H,3,9-11,13-14H2,1-2H3,(H,20,22);1H. The van der Waals surface area contributed by atoms with Crippen LogP contribution in [0.25, 0.3) is 0 Å². The van der Waals surface area contributed by atoms with Crippen molar-refractivity contribution >= 4 is 41.3 Å². The summed E-state index contributed by atoms with van der Waals surface area (Å²) in [7, 11) is 0. The van der Waals surface area contributed by atoms with E-state index in [1.165, 1.54) is 16.9 Å². The van der Waals surface area contributed by atoms with Crippen LogP contribution in [-0.2, 0) is 13.0 Å². The van der Waals surface area contributed by atoms with Crippen LogP contribution in [0, 0.1) is 12.8 Å². The minimum Gasteiger partial charge on any atom is -0.357 e. The maximum atomic E-state index is 4.82. The second kappa shape index (κ2) is 10.1. The second-order valence-corrected chi connectivity index (χ2v) is 7.63. The molecule has 1 aromatic heterocycles. The van der Waals surface area contributed by atoms with Gasteiger partial charge in [0.05, 0.1) is 11.6 Å². The summed E-state index contributed by atoms with van der Waals surface area (Å²) in [4.78, 5) is 12.8. The Bertz CT molecular complexity index is 671. The van der Waals surface area contributed by atoms with E-state index in [0.29, 0.717) is 12.5 Å². The number of nitrogens with zero attached hydrogens (tertiary/aromatic N) is 3. The Labute approximate surface area is 171 Å². The summed E-state index contributed by atoms with van der Waals surface area (Å²) in [6.07, 6.45) is 4.33. The van der Waals surface area contributed by atoms with Gasteiger partial charge in [-0.15, -0.1) is 35.3 Å². The van der Waals surface area contributed by atoms with Crippen molar-refractivity contribution in [3.63, 3.8) is 0 Å². The summed E-state index contributed by atoms with van der Waals surface area (Å²) in [6, 6.07) is 10.8. The predicted octanol–water partition coefficient (Wildman–Crippen LogP) is 4.10. The zero-order valence-electron chi connectivity index (χ0n) is 14.9. The maximum absolute atomic E-state index is 4.82. The fraction of sp³-hybridized carbons (Fsp3) is 0.474. The minimum atomic E-state index is 0. The van der Waals surface area contributed by atoms with Gasteiger partial charge in [0.1, 0.15) is 0 Å². The molecule has 1 fully saturated rings. The van der Waals surface area contributed by atoms with Crippen molar-refractivity contribution in [2.24, 2.45) is 10.9 Å². The molecule has 0 radical (unpaired) electrons. The molecular formula is C19H27IN4S. The fourth-order valence-electron chi connectivity index (χ4n) is 3.20. The van der Waals surface area contributed by atoms with Gasteiger partial charge in [-0.3, -0.25) is 0 Å². The van der Waals surface area contributed by atoms with E-state index in [-0.39, 0.29) is 24.0 Å². The Hall–Kier alpha value is -1.15. The largest absolute Gasteiger partial charge is 0.357 e. The molecular weight excluding hydrogens is 443 g/mol. The van der Waals surface area contributed by atoms with E-state index in [9.17, 15) is 0 Å². The molecule has 1 aliphatic heterocycles. The third kappa shape index (κ3) is 5.95. The molecule has 0 amide bonds. The lowest BCUT2D eigenvalue weighted by Crippen LogP contribution is -2.40. The summed E-state index contributed by atoms with van der Waals surface area (Å²) in [5.41, 5.74) is 1.44. The third-order valence-electron chi connectivity index (χ3n) is 4.34. The van der Waals surface area contributed by atoms with E-state index in [1.54, 1.807) is 11.3 Å². The molecule has 1 unspecified atom stereocenters. The van der Waals surface area contributed by atoms with Crippen molar-refractivity contribution in [2.45, 2.75) is 33.2 Å². The number of nitrogens with one attached hydrogen (secondary N) is 1. The molecule has 136 valence electrons. The van der Waals surface area contributed by atoms with Crippen molar-refractivity contribution in [2.75, 3.05) is 19.6 Å². The quantitative estimate of drug-likeness (QED) is 0.407. The van der Waals surface area contributed by atoms with E-state index in [0.717, 1.165) is 37.0 Å². The van der Waals surface area contributed by atoms with Gasteiger partial charge in [-0.2, -0.15) is 0 Å². The van der Waals surface area contributed by atoms with E-state index < -0.39 is 0 Å². The molecule has 1 atom stereocenters. The van der Waals surface area contributed by atoms with Crippen molar-refractivity contribution in [3.8, 4) is 0 Å². The van der Waals surface area contributed by atoms with E-state index in [4.69, 9.17) is 4.99 Å². The Morgan fingerprint density at radius 1 is 1.36 bits per heavy atom. The fourth-order valence-corrected chi connectivity index (χ4v) is 3.92. The van der Waals surface area contributed by atoms with Crippen molar-refractivity contribution < 1.29 is 0 Å². The van der Waals surface area contributed by atoms with E-state index >= 15 is 0 Å². The number of halogens is 1. The van der Waals surface area contributed by atoms with Crippen LogP contribution in [-0.4, -0.2) is 35.5 Å². The van der Waals surface area contributed by atoms with Crippen LogP contribution >= 0.6 is 35.3 Å². The number of hydrogen-bond acceptors (Lipinski definition) is 3. The van der Waals surface area contributed by atoms with Gasteiger partial charge in [-0.05, 0) is 38.2 Å². The molecule has 3 rings (SSSR count). The maximum Gasteiger partial charge on any atom is 0.194 e. The SMILES string of the molecule is CCNC(=NCc1cnc(C)s1)N1CCC(Cc2ccccc2)C1.I. The zero-order chi connectivity index (χ0) is 16.8. The molecule has 2 heterocycles. The number of aromatic nitrogens is 1. The Morgan fingerprint density at radius 2 is 2.16 bits per heavy atom. The number of likely N-dealkylation sites (tertiary alicyclic amines) is 1. The van der Waals surface area contributed by atoms with Gasteiger partial charge in [-0.1, -0.05) is 30.3 Å². The first-order valence-corrected chi connectivity index (χ1v) is 9.54. The first-order valence-electron chi connectivity index (χ1n) is 8.73. The lowest BCUT2D eigenvalue weighted by Gasteiger charge is -2.21. The van der Waals surface area contributed by atoms with Crippen LogP contribution in [0.1, 0.15) is 28.8 Å². The van der Waals surface area contributed by atoms with Gasteiger partial charge in [-0.25, -0.2) is 9.98 Å². The average Bonchev–Trinajstić information content (AvgIpc) is 3.22. The number of benzene rings is 1. The molecule has 1 N–H and O–H groups in total. The van der Waals surface area contributed by atoms with E-state index in [2.05, 4.69) is 52.5 Å². The highest BCUT2D eigenvalue weighted by molar-refractivity contribution is 14.0. The molecule has 25 heavy (non-hydrogen) atoms. The number of rotatable bonds is 5. The first kappa shape index (κ1) is 20.2. The topological polar surface area (TPSA) is 40.5 Å². The monoisotopic (exact) mass is 470 g/mol. The number of aliphatic imine (C=N–C) groups is 1. The summed E-state index contributed by atoms with van der Waals surface area (Å²) in [6.45, 7) is 7.96. The Kier molecular flexibility index (Phi) is 8.15. The smallest absolute Gasteiger partial charge is 0.194 e. The summed E-state index contributed by atoms with van der Waals surface area (Å²) in [5, 5.41) is 4.55. The van der Waals surface area contributed by atoms with Gasteiger partial charge >= 0.3 is 0 Å². The normalized spacial score (nSPS) is 17.4. The Balaban J connectivity index is 0.00000225. The third-order valence-corrected chi connectivity index (χ3v) is 5.24. The van der Waals surface area contributed by atoms with Crippen LogP contribution in [0.3, 0.4) is 0 Å². The molecule has 0 bridgehead atoms. The molecule has 1 aromatic carbocycles. The molecule has 2 aromatic rings. The Morgan fingerprint density at radius 3 is 2.84 bits per heavy atom. The lowest BCUT2D eigenvalue weighted by atomic mass is 9.99. The van der Waals surface area contributed by atoms with Gasteiger partial charge in [0, 0.05) is 30.7 Å². The van der Waals surface area contributed by atoms with Crippen LogP contribution in [0.5, 0.6) is 0 Å². The average molecular weight is 470 g/mol. The number of guanidine groups is 1. The summed E-state index contributed by atoms with van der Waals surface area (Å²) < 4.78 is 0. The van der Waals surface area contributed by atoms with Crippen LogP contribution in [0.2, 0.25) is 0 Å². The number of thiazole rings is 1. The van der Waals surface area contributed by atoms with Gasteiger partial charge < -0.3 is 10.2 Å². The molecule has 0 aliphatic carbocycles. The highest BCUT2D eigenvalue weighted by Crippen LogP contribution is 2.21. The molecule has 0 saturated carbocycles. The van der Waals surface area contributed by atoms with Crippen molar-refractivity contribution in [1.82, 2.24) is 15.2 Å². The predicted molar refractivity (Wildman–Crippen MR) is 117 cm³/mol.